The molecule has 82 valence electrons. The summed E-state index contributed by atoms with van der Waals surface area (Å²) in [5.41, 5.74) is 0.834. The normalized spacial score (nSPS) is 10.1. The first-order valence-electron chi connectivity index (χ1n) is 4.47. The zero-order chi connectivity index (χ0) is 11.4. The van der Waals surface area contributed by atoms with Gasteiger partial charge in [0.05, 0.1) is 16.6 Å². The van der Waals surface area contributed by atoms with Crippen molar-refractivity contribution in [3.8, 4) is 0 Å². The van der Waals surface area contributed by atoms with Gasteiger partial charge in [0.15, 0.2) is 0 Å². The second-order valence-electron chi connectivity index (χ2n) is 3.09. The minimum atomic E-state index is -0.832. The lowest BCUT2D eigenvalue weighted by molar-refractivity contribution is -0.136. The molecule has 1 heterocycles. The summed E-state index contributed by atoms with van der Waals surface area (Å²) in [6, 6.07) is 0. The van der Waals surface area contributed by atoms with Crippen molar-refractivity contribution in [2.75, 3.05) is 11.9 Å². The molecule has 0 aromatic carbocycles. The van der Waals surface area contributed by atoms with Crippen LogP contribution < -0.4 is 5.32 Å². The Kier molecular flexibility index (Phi) is 4.02. The highest BCUT2D eigenvalue weighted by atomic mass is 79.9. The minimum Gasteiger partial charge on any atom is -0.481 e. The number of rotatable bonds is 4. The summed E-state index contributed by atoms with van der Waals surface area (Å²) in [5.74, 6) is 0.468. The van der Waals surface area contributed by atoms with Gasteiger partial charge in [-0.3, -0.25) is 4.79 Å². The van der Waals surface area contributed by atoms with Crippen molar-refractivity contribution in [2.24, 2.45) is 0 Å². The molecule has 0 atom stereocenters. The molecule has 1 rings (SSSR count). The van der Waals surface area contributed by atoms with Gasteiger partial charge in [-0.1, -0.05) is 0 Å². The third-order valence-corrected chi connectivity index (χ3v) is 2.71. The molecule has 0 spiro atoms. The third kappa shape index (κ3) is 3.47. The predicted molar refractivity (Wildman–Crippen MR) is 59.9 cm³/mol. The van der Waals surface area contributed by atoms with Crippen LogP contribution in [0.1, 0.15) is 17.9 Å². The zero-order valence-corrected chi connectivity index (χ0v) is 10.1. The van der Waals surface area contributed by atoms with Gasteiger partial charge >= 0.3 is 5.97 Å². The maximum atomic E-state index is 10.3. The molecule has 15 heavy (non-hydrogen) atoms. The summed E-state index contributed by atoms with van der Waals surface area (Å²) in [4.78, 5) is 18.7. The number of hydrogen-bond donors (Lipinski definition) is 2. The van der Waals surface area contributed by atoms with Crippen LogP contribution >= 0.6 is 15.9 Å². The van der Waals surface area contributed by atoms with Gasteiger partial charge in [-0.25, -0.2) is 9.97 Å². The molecule has 0 radical (unpaired) electrons. The molecule has 5 nitrogen and oxygen atoms in total. The Morgan fingerprint density at radius 3 is 2.73 bits per heavy atom. The molecule has 2 N–H and O–H groups in total. The van der Waals surface area contributed by atoms with Gasteiger partial charge in [0, 0.05) is 6.54 Å². The van der Waals surface area contributed by atoms with E-state index >= 15 is 0 Å². The van der Waals surface area contributed by atoms with Gasteiger partial charge in [-0.2, -0.15) is 0 Å². The van der Waals surface area contributed by atoms with Gasteiger partial charge in [0.25, 0.3) is 0 Å². The molecule has 0 aliphatic heterocycles. The van der Waals surface area contributed by atoms with Crippen molar-refractivity contribution < 1.29 is 9.90 Å². The number of anilines is 1. The van der Waals surface area contributed by atoms with Crippen LogP contribution in [0.15, 0.2) is 4.47 Å². The standard InChI is InChI=1S/C9H12BrN3O2/c1-5-8(10)9(13-6(2)12-5)11-4-3-7(14)15/h3-4H2,1-2H3,(H,14,15)(H,11,12,13). The van der Waals surface area contributed by atoms with Crippen LogP contribution in [-0.2, 0) is 4.79 Å². The van der Waals surface area contributed by atoms with Gasteiger partial charge in [-0.05, 0) is 29.8 Å². The first kappa shape index (κ1) is 11.9. The SMILES string of the molecule is Cc1nc(C)c(Br)c(NCCC(=O)O)n1. The van der Waals surface area contributed by atoms with Crippen LogP contribution in [0.4, 0.5) is 5.82 Å². The maximum absolute atomic E-state index is 10.3. The van der Waals surface area contributed by atoms with Crippen LogP contribution in [0.2, 0.25) is 0 Å². The second-order valence-corrected chi connectivity index (χ2v) is 3.88. The van der Waals surface area contributed by atoms with Gasteiger partial charge in [0.1, 0.15) is 11.6 Å². The molecule has 1 aromatic heterocycles. The second kappa shape index (κ2) is 5.06. The van der Waals surface area contributed by atoms with E-state index in [4.69, 9.17) is 5.11 Å². The molecule has 6 heteroatoms. The first-order chi connectivity index (χ1) is 7.00. The Balaban J connectivity index is 2.72. The molecule has 0 aliphatic carbocycles. The number of carboxylic acids is 1. The highest BCUT2D eigenvalue weighted by Crippen LogP contribution is 2.22. The summed E-state index contributed by atoms with van der Waals surface area (Å²) in [5, 5.41) is 11.4. The van der Waals surface area contributed by atoms with Crippen molar-refractivity contribution in [3.05, 3.63) is 16.0 Å². The molecule has 1 aromatic rings. The third-order valence-electron chi connectivity index (χ3n) is 1.76. The Morgan fingerprint density at radius 1 is 1.47 bits per heavy atom. The Bertz CT molecular complexity index is 382. The molecule has 0 fully saturated rings. The number of nitrogens with zero attached hydrogens (tertiary/aromatic N) is 2. The zero-order valence-electron chi connectivity index (χ0n) is 8.54. The van der Waals surface area contributed by atoms with Crippen molar-refractivity contribution in [1.29, 1.82) is 0 Å². The molecule has 0 saturated heterocycles. The minimum absolute atomic E-state index is 0.0640. The lowest BCUT2D eigenvalue weighted by atomic mass is 10.4. The van der Waals surface area contributed by atoms with E-state index in [9.17, 15) is 4.79 Å². The molecular formula is C9H12BrN3O2. The van der Waals surface area contributed by atoms with Crippen LogP contribution in [0.5, 0.6) is 0 Å². The summed E-state index contributed by atoms with van der Waals surface area (Å²) >= 11 is 3.35. The summed E-state index contributed by atoms with van der Waals surface area (Å²) in [6.07, 6.45) is 0.0640. The van der Waals surface area contributed by atoms with Crippen molar-refractivity contribution >= 4 is 27.7 Å². The van der Waals surface area contributed by atoms with E-state index in [1.54, 1.807) is 6.92 Å². The van der Waals surface area contributed by atoms with Crippen LogP contribution in [-0.4, -0.2) is 27.6 Å². The van der Waals surface area contributed by atoms with E-state index in [1.165, 1.54) is 0 Å². The fraction of sp³-hybridized carbons (Fsp3) is 0.444. The van der Waals surface area contributed by atoms with Gasteiger partial charge < -0.3 is 10.4 Å². The van der Waals surface area contributed by atoms with Crippen molar-refractivity contribution in [2.45, 2.75) is 20.3 Å². The number of aromatic nitrogens is 2. The van der Waals surface area contributed by atoms with Gasteiger partial charge in [0.2, 0.25) is 0 Å². The number of carboxylic acid groups (broad SMARTS) is 1. The average Bonchev–Trinajstić information content (AvgIpc) is 2.12. The highest BCUT2D eigenvalue weighted by Gasteiger charge is 2.07. The van der Waals surface area contributed by atoms with Crippen LogP contribution in [0.25, 0.3) is 0 Å². The smallest absolute Gasteiger partial charge is 0.305 e. The van der Waals surface area contributed by atoms with Crippen molar-refractivity contribution in [1.82, 2.24) is 9.97 Å². The van der Waals surface area contributed by atoms with E-state index < -0.39 is 5.97 Å². The van der Waals surface area contributed by atoms with Crippen LogP contribution in [0.3, 0.4) is 0 Å². The monoisotopic (exact) mass is 273 g/mol. The first-order valence-corrected chi connectivity index (χ1v) is 5.26. The summed E-state index contributed by atoms with van der Waals surface area (Å²) in [6.45, 7) is 4.01. The fourth-order valence-electron chi connectivity index (χ4n) is 1.10. The predicted octanol–water partition coefficient (Wildman–Crippen LogP) is 1.74. The number of aliphatic carboxylic acids is 1. The number of halogens is 1. The van der Waals surface area contributed by atoms with Crippen molar-refractivity contribution in [3.63, 3.8) is 0 Å². The van der Waals surface area contributed by atoms with E-state index in [0.717, 1.165) is 10.2 Å². The fourth-order valence-corrected chi connectivity index (χ4v) is 1.42. The lowest BCUT2D eigenvalue weighted by Gasteiger charge is -2.08. The average molecular weight is 274 g/mol. The van der Waals surface area contributed by atoms with Gasteiger partial charge in [-0.15, -0.1) is 0 Å². The molecular weight excluding hydrogens is 262 g/mol. The van der Waals surface area contributed by atoms with E-state index in [0.29, 0.717) is 18.2 Å². The molecule has 0 bridgehead atoms. The quantitative estimate of drug-likeness (QED) is 0.874. The maximum Gasteiger partial charge on any atom is 0.305 e. The number of aryl methyl sites for hydroxylation is 2. The molecule has 0 saturated carbocycles. The summed E-state index contributed by atoms with van der Waals surface area (Å²) < 4.78 is 0.776. The molecule has 0 aliphatic rings. The van der Waals surface area contributed by atoms with E-state index in [2.05, 4.69) is 31.2 Å². The summed E-state index contributed by atoms with van der Waals surface area (Å²) in [7, 11) is 0. The highest BCUT2D eigenvalue weighted by molar-refractivity contribution is 9.10. The number of nitrogens with one attached hydrogen (secondary N) is 1. The van der Waals surface area contributed by atoms with E-state index in [1.807, 2.05) is 6.92 Å². The lowest BCUT2D eigenvalue weighted by Crippen LogP contribution is -2.10. The Morgan fingerprint density at radius 2 is 2.13 bits per heavy atom. The molecule has 0 unspecified atom stereocenters. The largest absolute Gasteiger partial charge is 0.481 e. The number of carbonyl (C=O) groups is 1. The Labute approximate surface area is 96.1 Å². The topological polar surface area (TPSA) is 75.1 Å². The van der Waals surface area contributed by atoms with E-state index in [-0.39, 0.29) is 6.42 Å². The molecule has 0 amide bonds. The Hall–Kier alpha value is -1.17. The number of hydrogen-bond acceptors (Lipinski definition) is 4. The van der Waals surface area contributed by atoms with Crippen LogP contribution in [0, 0.1) is 13.8 Å².